The maximum Gasteiger partial charge on any atom is 0.292 e. The van der Waals surface area contributed by atoms with Gasteiger partial charge < -0.3 is 14.7 Å². The van der Waals surface area contributed by atoms with Crippen molar-refractivity contribution in [1.29, 1.82) is 0 Å². The fourth-order valence-corrected chi connectivity index (χ4v) is 2.60. The lowest BCUT2D eigenvalue weighted by atomic mass is 10.0. The molecule has 6 nitrogen and oxygen atoms in total. The summed E-state index contributed by atoms with van der Waals surface area (Å²) < 4.78 is 5.13. The molecular weight excluding hydrogens is 248 g/mol. The molecule has 0 aliphatic carbocycles. The summed E-state index contributed by atoms with van der Waals surface area (Å²) in [4.78, 5) is 12.6. The van der Waals surface area contributed by atoms with Gasteiger partial charge in [-0.2, -0.15) is 0 Å². The largest absolute Gasteiger partial charge is 0.497 e. The molecule has 1 aromatic rings. The number of methoxy groups -OCH3 is 1. The van der Waals surface area contributed by atoms with Crippen LogP contribution in [0.25, 0.3) is 0 Å². The Morgan fingerprint density at radius 2 is 2.32 bits per heavy atom. The minimum atomic E-state index is -0.397. The third-order valence-electron chi connectivity index (χ3n) is 3.76. The number of nitrogens with zero attached hydrogens (tertiary/aromatic N) is 2. The number of benzene rings is 1. The topological polar surface area (TPSA) is 75.8 Å². The molecule has 1 fully saturated rings. The SMILES string of the molecule is COc1ccc([N+](=O)[O-])c(N2CCC(C)C2CO)c1. The van der Waals surface area contributed by atoms with E-state index in [0.717, 1.165) is 6.42 Å². The second-order valence-corrected chi connectivity index (χ2v) is 4.82. The number of anilines is 1. The van der Waals surface area contributed by atoms with Crippen molar-refractivity contribution in [1.82, 2.24) is 0 Å². The van der Waals surface area contributed by atoms with E-state index in [1.54, 1.807) is 12.1 Å². The van der Waals surface area contributed by atoms with Crippen molar-refractivity contribution in [2.75, 3.05) is 25.2 Å². The lowest BCUT2D eigenvalue weighted by Gasteiger charge is -2.27. The van der Waals surface area contributed by atoms with Gasteiger partial charge in [-0.05, 0) is 18.4 Å². The van der Waals surface area contributed by atoms with Gasteiger partial charge in [0.2, 0.25) is 0 Å². The van der Waals surface area contributed by atoms with Crippen molar-refractivity contribution in [3.8, 4) is 5.75 Å². The quantitative estimate of drug-likeness (QED) is 0.664. The molecule has 2 atom stereocenters. The molecular formula is C13H18N2O4. The molecule has 6 heteroatoms. The zero-order valence-corrected chi connectivity index (χ0v) is 11.1. The Morgan fingerprint density at radius 1 is 1.58 bits per heavy atom. The highest BCUT2D eigenvalue weighted by Gasteiger charge is 2.34. The van der Waals surface area contributed by atoms with E-state index in [9.17, 15) is 15.2 Å². The molecule has 1 aliphatic heterocycles. The van der Waals surface area contributed by atoms with Gasteiger partial charge in [-0.25, -0.2) is 0 Å². The first-order chi connectivity index (χ1) is 9.08. The van der Waals surface area contributed by atoms with Gasteiger partial charge in [-0.15, -0.1) is 0 Å². The summed E-state index contributed by atoms with van der Waals surface area (Å²) in [5, 5.41) is 20.6. The summed E-state index contributed by atoms with van der Waals surface area (Å²) in [6.07, 6.45) is 0.916. The lowest BCUT2D eigenvalue weighted by molar-refractivity contribution is -0.384. The first kappa shape index (κ1) is 13.6. The Bertz CT molecular complexity index is 478. The van der Waals surface area contributed by atoms with Crippen LogP contribution in [0.3, 0.4) is 0 Å². The van der Waals surface area contributed by atoms with Gasteiger partial charge in [0, 0.05) is 18.7 Å². The van der Waals surface area contributed by atoms with Gasteiger partial charge in [0.05, 0.1) is 24.7 Å². The van der Waals surface area contributed by atoms with E-state index < -0.39 is 4.92 Å². The molecule has 2 rings (SSSR count). The minimum absolute atomic E-state index is 0.00443. The molecule has 0 bridgehead atoms. The number of aliphatic hydroxyl groups excluding tert-OH is 1. The Labute approximate surface area is 111 Å². The van der Waals surface area contributed by atoms with E-state index in [4.69, 9.17) is 4.74 Å². The number of hydrogen-bond donors (Lipinski definition) is 1. The van der Waals surface area contributed by atoms with Gasteiger partial charge in [0.15, 0.2) is 0 Å². The van der Waals surface area contributed by atoms with Crippen molar-refractivity contribution in [3.05, 3.63) is 28.3 Å². The normalized spacial score (nSPS) is 22.6. The van der Waals surface area contributed by atoms with Crippen LogP contribution in [0.5, 0.6) is 5.75 Å². The summed E-state index contributed by atoms with van der Waals surface area (Å²) in [5.41, 5.74) is 0.570. The number of rotatable bonds is 4. The van der Waals surface area contributed by atoms with Crippen LogP contribution >= 0.6 is 0 Å². The molecule has 0 spiro atoms. The van der Waals surface area contributed by atoms with Crippen LogP contribution < -0.4 is 9.64 Å². The van der Waals surface area contributed by atoms with Gasteiger partial charge in [0.25, 0.3) is 5.69 Å². The number of hydrogen-bond acceptors (Lipinski definition) is 5. The summed E-state index contributed by atoms with van der Waals surface area (Å²) in [6, 6.07) is 4.62. The van der Waals surface area contributed by atoms with Crippen molar-refractivity contribution in [2.45, 2.75) is 19.4 Å². The Morgan fingerprint density at radius 3 is 2.89 bits per heavy atom. The Balaban J connectivity index is 2.44. The van der Waals surface area contributed by atoms with E-state index in [1.807, 2.05) is 11.8 Å². The van der Waals surface area contributed by atoms with Crippen LogP contribution in [0.2, 0.25) is 0 Å². The van der Waals surface area contributed by atoms with Crippen LogP contribution in [0.1, 0.15) is 13.3 Å². The molecule has 1 aliphatic rings. The molecule has 1 aromatic carbocycles. The molecule has 0 aromatic heterocycles. The summed E-state index contributed by atoms with van der Waals surface area (Å²) in [5.74, 6) is 0.896. The van der Waals surface area contributed by atoms with Crippen molar-refractivity contribution >= 4 is 11.4 Å². The number of nitro groups is 1. The number of aliphatic hydroxyl groups is 1. The smallest absolute Gasteiger partial charge is 0.292 e. The predicted molar refractivity (Wildman–Crippen MR) is 71.6 cm³/mol. The standard InChI is InChI=1S/C13H18N2O4/c1-9-5-6-14(13(9)8-16)12-7-10(19-2)3-4-11(12)15(17)18/h3-4,7,9,13,16H,5-6,8H2,1-2H3. The Hall–Kier alpha value is -1.82. The van der Waals surface area contributed by atoms with Crippen LogP contribution in [0, 0.1) is 16.0 Å². The summed E-state index contributed by atoms with van der Waals surface area (Å²) >= 11 is 0. The maximum absolute atomic E-state index is 11.1. The van der Waals surface area contributed by atoms with Gasteiger partial charge in [-0.3, -0.25) is 10.1 Å². The zero-order valence-electron chi connectivity index (χ0n) is 11.1. The molecule has 104 valence electrons. The first-order valence-electron chi connectivity index (χ1n) is 6.28. The van der Waals surface area contributed by atoms with E-state index in [2.05, 4.69) is 0 Å². The first-order valence-corrected chi connectivity index (χ1v) is 6.28. The van der Waals surface area contributed by atoms with E-state index >= 15 is 0 Å². The molecule has 2 unspecified atom stereocenters. The van der Waals surface area contributed by atoms with E-state index in [1.165, 1.54) is 13.2 Å². The second-order valence-electron chi connectivity index (χ2n) is 4.82. The summed E-state index contributed by atoms with van der Waals surface area (Å²) in [6.45, 7) is 2.75. The maximum atomic E-state index is 11.1. The average Bonchev–Trinajstić information content (AvgIpc) is 2.78. The average molecular weight is 266 g/mol. The highest BCUT2D eigenvalue weighted by molar-refractivity contribution is 5.67. The number of ether oxygens (including phenoxy) is 1. The van der Waals surface area contributed by atoms with Crippen molar-refractivity contribution in [3.63, 3.8) is 0 Å². The minimum Gasteiger partial charge on any atom is -0.497 e. The van der Waals surface area contributed by atoms with Crippen LogP contribution in [0.15, 0.2) is 18.2 Å². The van der Waals surface area contributed by atoms with Gasteiger partial charge >= 0.3 is 0 Å². The Kier molecular flexibility index (Phi) is 3.90. The molecule has 1 N–H and O–H groups in total. The molecule has 0 amide bonds. The molecule has 0 radical (unpaired) electrons. The van der Waals surface area contributed by atoms with Crippen LogP contribution in [-0.2, 0) is 0 Å². The second kappa shape index (κ2) is 5.44. The highest BCUT2D eigenvalue weighted by atomic mass is 16.6. The zero-order chi connectivity index (χ0) is 14.0. The molecule has 1 saturated heterocycles. The molecule has 1 heterocycles. The highest BCUT2D eigenvalue weighted by Crippen LogP contribution is 2.37. The van der Waals surface area contributed by atoms with Crippen LogP contribution in [-0.4, -0.2) is 36.3 Å². The third kappa shape index (κ3) is 2.49. The van der Waals surface area contributed by atoms with Gasteiger partial charge in [-0.1, -0.05) is 6.92 Å². The fourth-order valence-electron chi connectivity index (χ4n) is 2.60. The predicted octanol–water partition coefficient (Wildman–Crippen LogP) is 1.81. The van der Waals surface area contributed by atoms with Crippen molar-refractivity contribution in [2.24, 2.45) is 5.92 Å². The molecule has 19 heavy (non-hydrogen) atoms. The van der Waals surface area contributed by atoms with E-state index in [0.29, 0.717) is 23.9 Å². The van der Waals surface area contributed by atoms with Gasteiger partial charge in [0.1, 0.15) is 11.4 Å². The summed E-state index contributed by atoms with van der Waals surface area (Å²) in [7, 11) is 1.53. The molecule has 0 saturated carbocycles. The van der Waals surface area contributed by atoms with E-state index in [-0.39, 0.29) is 18.3 Å². The van der Waals surface area contributed by atoms with Crippen molar-refractivity contribution < 1.29 is 14.8 Å². The third-order valence-corrected chi connectivity index (χ3v) is 3.76. The fraction of sp³-hybridized carbons (Fsp3) is 0.538. The van der Waals surface area contributed by atoms with Crippen LogP contribution in [0.4, 0.5) is 11.4 Å². The lowest BCUT2D eigenvalue weighted by Crippen LogP contribution is -2.35. The monoisotopic (exact) mass is 266 g/mol. The number of nitro benzene ring substituents is 1.